The number of rotatable bonds is 6. The predicted octanol–water partition coefficient (Wildman–Crippen LogP) is 1.30. The largest absolute Gasteiger partial charge is 0.507 e. The van der Waals surface area contributed by atoms with Crippen molar-refractivity contribution in [3.05, 3.63) is 39.4 Å². The fraction of sp³-hybridized carbons (Fsp3) is 0.231. The van der Waals surface area contributed by atoms with Crippen LogP contribution in [0.4, 0.5) is 15.3 Å². The molecule has 0 aromatic heterocycles. The number of carbonyl (C=O) groups excluding carboxylic acids is 2. The summed E-state index contributed by atoms with van der Waals surface area (Å²) in [5.74, 6) is -2.11. The normalized spacial score (nSPS) is 14.0. The predicted molar refractivity (Wildman–Crippen MR) is 75.1 cm³/mol. The fourth-order valence-electron chi connectivity index (χ4n) is 2.30. The molecular weight excluding hydrogens is 344 g/mol. The third-order valence-corrected chi connectivity index (χ3v) is 3.24. The summed E-state index contributed by atoms with van der Waals surface area (Å²) in [4.78, 5) is 56.5. The molecule has 0 saturated carbocycles. The minimum Gasteiger partial charge on any atom is -0.450 e. The molecule has 0 radical (unpaired) electrons. The van der Waals surface area contributed by atoms with Gasteiger partial charge in [0.2, 0.25) is 0 Å². The Balaban J connectivity index is 2.36. The molecule has 12 heteroatoms. The van der Waals surface area contributed by atoms with Gasteiger partial charge in [-0.2, -0.15) is 0 Å². The van der Waals surface area contributed by atoms with Crippen LogP contribution < -0.4 is 0 Å². The van der Waals surface area contributed by atoms with Crippen molar-refractivity contribution in [1.29, 1.82) is 0 Å². The average molecular weight is 354 g/mol. The number of fused-ring (bicyclic) bond motifs is 1. The third kappa shape index (κ3) is 3.46. The minimum atomic E-state index is -1.83. The van der Waals surface area contributed by atoms with E-state index in [1.807, 2.05) is 0 Å². The quantitative estimate of drug-likeness (QED) is 0.328. The molecule has 2 rings (SSSR count). The van der Waals surface area contributed by atoms with E-state index in [1.165, 1.54) is 12.1 Å². The molecular formula is C13H10N2O10. The van der Waals surface area contributed by atoms with E-state index in [9.17, 15) is 29.3 Å². The highest BCUT2D eigenvalue weighted by molar-refractivity contribution is 6.23. The maximum Gasteiger partial charge on any atom is 0.507 e. The van der Waals surface area contributed by atoms with Crippen LogP contribution in [0.5, 0.6) is 0 Å². The maximum absolute atomic E-state index is 12.4. The molecule has 1 atom stereocenters. The molecule has 1 heterocycles. The zero-order valence-electron chi connectivity index (χ0n) is 12.3. The van der Waals surface area contributed by atoms with E-state index in [-0.39, 0.29) is 5.56 Å². The molecule has 1 unspecified atom stereocenters. The Morgan fingerprint density at radius 1 is 1.20 bits per heavy atom. The van der Waals surface area contributed by atoms with E-state index in [4.69, 9.17) is 10.2 Å². The number of hydrogen-bond acceptors (Lipinski definition) is 8. The van der Waals surface area contributed by atoms with Crippen molar-refractivity contribution in [1.82, 2.24) is 4.90 Å². The Morgan fingerprint density at radius 2 is 1.88 bits per heavy atom. The van der Waals surface area contributed by atoms with E-state index >= 15 is 0 Å². The first-order valence-electron chi connectivity index (χ1n) is 6.64. The van der Waals surface area contributed by atoms with Crippen LogP contribution in [-0.2, 0) is 9.47 Å². The third-order valence-electron chi connectivity index (χ3n) is 3.24. The van der Waals surface area contributed by atoms with Gasteiger partial charge in [-0.15, -0.1) is 0 Å². The number of carboxylic acid groups (broad SMARTS) is 2. The van der Waals surface area contributed by atoms with Gasteiger partial charge in [0.15, 0.2) is 6.23 Å². The summed E-state index contributed by atoms with van der Waals surface area (Å²) in [6, 6.07) is 3.40. The van der Waals surface area contributed by atoms with Gasteiger partial charge in [-0.05, 0) is 6.07 Å². The van der Waals surface area contributed by atoms with Crippen LogP contribution in [-0.4, -0.2) is 57.0 Å². The van der Waals surface area contributed by atoms with E-state index in [0.717, 1.165) is 6.07 Å². The zero-order valence-corrected chi connectivity index (χ0v) is 12.3. The number of nitro groups is 1. The number of ether oxygens (including phenoxy) is 2. The number of carbonyl (C=O) groups is 4. The number of nitro benzene ring substituents is 1. The zero-order chi connectivity index (χ0) is 18.7. The fourth-order valence-corrected chi connectivity index (χ4v) is 2.30. The molecule has 25 heavy (non-hydrogen) atoms. The molecule has 132 valence electrons. The summed E-state index contributed by atoms with van der Waals surface area (Å²) in [5, 5.41) is 28.2. The lowest BCUT2D eigenvalue weighted by Crippen LogP contribution is -2.43. The van der Waals surface area contributed by atoms with Crippen molar-refractivity contribution < 1.29 is 43.8 Å². The minimum absolute atomic E-state index is 0.280. The first-order chi connectivity index (χ1) is 11.7. The molecule has 2 amide bonds. The van der Waals surface area contributed by atoms with Crippen LogP contribution >= 0.6 is 0 Å². The number of amides is 2. The van der Waals surface area contributed by atoms with Crippen molar-refractivity contribution in [3.63, 3.8) is 0 Å². The Morgan fingerprint density at radius 3 is 2.44 bits per heavy atom. The van der Waals surface area contributed by atoms with Crippen LogP contribution in [0, 0.1) is 10.1 Å². The van der Waals surface area contributed by atoms with Crippen LogP contribution in [0.1, 0.15) is 27.1 Å². The standard InChI is InChI=1S/C13H10N2O10/c16-10-6-2-1-3-7(15(22)23)9(6)11(17)14(10)8(25-13(20)21)4-5-24-12(18)19/h1-3,8H,4-5H2,(H,18,19)(H,20,21). The molecule has 0 bridgehead atoms. The maximum atomic E-state index is 12.4. The molecule has 1 aromatic carbocycles. The van der Waals surface area contributed by atoms with Crippen molar-refractivity contribution in [2.45, 2.75) is 12.6 Å². The van der Waals surface area contributed by atoms with E-state index in [1.54, 1.807) is 0 Å². The second-order valence-electron chi connectivity index (χ2n) is 4.68. The van der Waals surface area contributed by atoms with E-state index in [2.05, 4.69) is 9.47 Å². The number of benzene rings is 1. The summed E-state index contributed by atoms with van der Waals surface area (Å²) in [6.45, 7) is -0.567. The van der Waals surface area contributed by atoms with E-state index < -0.39 is 59.6 Å². The monoisotopic (exact) mass is 354 g/mol. The van der Waals surface area contributed by atoms with Gasteiger partial charge in [-0.25, -0.2) is 14.5 Å². The molecule has 0 spiro atoms. The van der Waals surface area contributed by atoms with Gasteiger partial charge in [0.05, 0.1) is 10.5 Å². The SMILES string of the molecule is O=C(O)OCCC(OC(=O)O)N1C(=O)c2cccc([N+](=O)[O-])c2C1=O. The molecule has 0 fully saturated rings. The van der Waals surface area contributed by atoms with Gasteiger partial charge < -0.3 is 19.7 Å². The van der Waals surface area contributed by atoms with Crippen LogP contribution in [0.15, 0.2) is 18.2 Å². The number of nitrogens with zero attached hydrogens (tertiary/aromatic N) is 2. The molecule has 1 aliphatic heterocycles. The van der Waals surface area contributed by atoms with Gasteiger partial charge in [-0.1, -0.05) is 6.07 Å². The second kappa shape index (κ2) is 6.82. The Bertz CT molecular complexity index is 774. The topological polar surface area (TPSA) is 174 Å². The van der Waals surface area contributed by atoms with Gasteiger partial charge in [-0.3, -0.25) is 19.7 Å². The molecule has 0 saturated heterocycles. The smallest absolute Gasteiger partial charge is 0.450 e. The first kappa shape index (κ1) is 17.7. The second-order valence-corrected chi connectivity index (χ2v) is 4.68. The summed E-state index contributed by atoms with van der Waals surface area (Å²) < 4.78 is 8.66. The molecule has 12 nitrogen and oxygen atoms in total. The average Bonchev–Trinajstić information content (AvgIpc) is 2.77. The highest BCUT2D eigenvalue weighted by atomic mass is 16.7. The van der Waals surface area contributed by atoms with Gasteiger partial charge in [0.25, 0.3) is 17.5 Å². The van der Waals surface area contributed by atoms with Crippen molar-refractivity contribution >= 4 is 29.8 Å². The van der Waals surface area contributed by atoms with Crippen molar-refractivity contribution in [2.24, 2.45) is 0 Å². The molecule has 0 aliphatic carbocycles. The van der Waals surface area contributed by atoms with Crippen LogP contribution in [0.25, 0.3) is 0 Å². The summed E-state index contributed by atoms with van der Waals surface area (Å²) in [6.07, 6.45) is -5.65. The van der Waals surface area contributed by atoms with Gasteiger partial charge >= 0.3 is 12.3 Å². The number of hydrogen-bond donors (Lipinski definition) is 2. The summed E-state index contributed by atoms with van der Waals surface area (Å²) >= 11 is 0. The summed E-state index contributed by atoms with van der Waals surface area (Å²) in [7, 11) is 0. The van der Waals surface area contributed by atoms with Gasteiger partial charge in [0.1, 0.15) is 12.2 Å². The Kier molecular flexibility index (Phi) is 4.81. The molecule has 1 aromatic rings. The lowest BCUT2D eigenvalue weighted by molar-refractivity contribution is -0.385. The summed E-state index contributed by atoms with van der Waals surface area (Å²) in [5.41, 5.74) is -1.39. The van der Waals surface area contributed by atoms with Crippen molar-refractivity contribution in [3.8, 4) is 0 Å². The number of imide groups is 1. The Labute approximate surface area is 138 Å². The Hall–Kier alpha value is -3.70. The highest BCUT2D eigenvalue weighted by Gasteiger charge is 2.45. The molecule has 1 aliphatic rings. The van der Waals surface area contributed by atoms with Crippen molar-refractivity contribution in [2.75, 3.05) is 6.61 Å². The lowest BCUT2D eigenvalue weighted by Gasteiger charge is -2.24. The van der Waals surface area contributed by atoms with Crippen LogP contribution in [0.3, 0.4) is 0 Å². The lowest BCUT2D eigenvalue weighted by atomic mass is 10.1. The van der Waals surface area contributed by atoms with Gasteiger partial charge in [0, 0.05) is 12.5 Å². The van der Waals surface area contributed by atoms with E-state index in [0.29, 0.717) is 4.90 Å². The highest BCUT2D eigenvalue weighted by Crippen LogP contribution is 2.32. The first-order valence-corrected chi connectivity index (χ1v) is 6.64. The van der Waals surface area contributed by atoms with Crippen LogP contribution in [0.2, 0.25) is 0 Å². The molecule has 2 N–H and O–H groups in total.